The van der Waals surface area contributed by atoms with E-state index in [1.54, 1.807) is 6.07 Å². The molecular formula is C23H24F4N2O2. The van der Waals surface area contributed by atoms with Crippen molar-refractivity contribution >= 4 is 10.9 Å². The highest BCUT2D eigenvalue weighted by Gasteiger charge is 2.50. The highest BCUT2D eigenvalue weighted by Crippen LogP contribution is 2.50. The van der Waals surface area contributed by atoms with Gasteiger partial charge in [-0.2, -0.15) is 5.10 Å². The van der Waals surface area contributed by atoms with Gasteiger partial charge < -0.3 is 9.47 Å². The Morgan fingerprint density at radius 3 is 2.35 bits per heavy atom. The van der Waals surface area contributed by atoms with Crippen LogP contribution in [0.2, 0.25) is 0 Å². The normalized spacial score (nSPS) is 17.0. The van der Waals surface area contributed by atoms with E-state index in [-0.39, 0.29) is 29.0 Å². The van der Waals surface area contributed by atoms with Crippen molar-refractivity contribution < 1.29 is 27.0 Å². The van der Waals surface area contributed by atoms with Crippen LogP contribution in [0.1, 0.15) is 45.2 Å². The van der Waals surface area contributed by atoms with Crippen molar-refractivity contribution in [2.75, 3.05) is 0 Å². The van der Waals surface area contributed by atoms with Crippen molar-refractivity contribution in [3.63, 3.8) is 0 Å². The van der Waals surface area contributed by atoms with Gasteiger partial charge in [0.15, 0.2) is 11.5 Å². The van der Waals surface area contributed by atoms with Crippen molar-refractivity contribution in [1.29, 1.82) is 0 Å². The van der Waals surface area contributed by atoms with E-state index in [1.807, 2.05) is 0 Å². The standard InChI is InChI=1S/C23H24F4N2O2/c1-13(2)22(24,25)15-6-8-18-19(10-15)31-20(30-18)11-21(3,4)23(26,27)16-5-7-17-14(9-16)12-28-29-17/h5-10,12-13,20H,11H2,1-4H3,(H,28,29). The summed E-state index contributed by atoms with van der Waals surface area (Å²) in [4.78, 5) is 0. The number of halogens is 4. The van der Waals surface area contributed by atoms with Gasteiger partial charge in [0.2, 0.25) is 6.29 Å². The van der Waals surface area contributed by atoms with E-state index < -0.39 is 29.5 Å². The Labute approximate surface area is 177 Å². The first-order valence-corrected chi connectivity index (χ1v) is 10.1. The number of ether oxygens (including phenoxy) is 2. The van der Waals surface area contributed by atoms with Crippen molar-refractivity contribution in [3.8, 4) is 11.5 Å². The number of aromatic amines is 1. The average Bonchev–Trinajstić information content (AvgIpc) is 3.31. The summed E-state index contributed by atoms with van der Waals surface area (Å²) in [6.07, 6.45) is 0.344. The summed E-state index contributed by atoms with van der Waals surface area (Å²) in [7, 11) is 0. The second-order valence-corrected chi connectivity index (χ2v) is 8.94. The number of nitrogens with zero attached hydrogens (tertiary/aromatic N) is 1. The molecule has 0 saturated carbocycles. The molecule has 0 amide bonds. The van der Waals surface area contributed by atoms with Gasteiger partial charge in [-0.15, -0.1) is 0 Å². The lowest BCUT2D eigenvalue weighted by atomic mass is 9.78. The van der Waals surface area contributed by atoms with Crippen LogP contribution in [0.15, 0.2) is 42.6 Å². The van der Waals surface area contributed by atoms with E-state index in [0.29, 0.717) is 10.9 Å². The number of benzene rings is 2. The van der Waals surface area contributed by atoms with Crippen molar-refractivity contribution in [1.82, 2.24) is 10.2 Å². The van der Waals surface area contributed by atoms with Crippen molar-refractivity contribution in [2.45, 2.75) is 52.3 Å². The largest absolute Gasteiger partial charge is 0.451 e. The summed E-state index contributed by atoms with van der Waals surface area (Å²) in [5.41, 5.74) is -1.20. The zero-order chi connectivity index (χ0) is 22.6. The minimum absolute atomic E-state index is 0.138. The lowest BCUT2D eigenvalue weighted by Gasteiger charge is -2.35. The van der Waals surface area contributed by atoms with Crippen LogP contribution in [-0.2, 0) is 11.8 Å². The molecule has 1 aliphatic heterocycles. The third-order valence-electron chi connectivity index (χ3n) is 5.90. The van der Waals surface area contributed by atoms with E-state index in [1.165, 1.54) is 64.2 Å². The van der Waals surface area contributed by atoms with Crippen LogP contribution in [0.3, 0.4) is 0 Å². The third-order valence-corrected chi connectivity index (χ3v) is 5.90. The highest BCUT2D eigenvalue weighted by atomic mass is 19.3. The first-order chi connectivity index (χ1) is 14.4. The SMILES string of the molecule is CC(C)C(F)(F)c1ccc2c(c1)OC(CC(C)(C)C(F)(F)c1ccc3[nH]ncc3c1)O2. The number of rotatable bonds is 6. The number of alkyl halides is 4. The zero-order valence-corrected chi connectivity index (χ0v) is 17.7. The quantitative estimate of drug-likeness (QED) is 0.442. The van der Waals surface area contributed by atoms with Gasteiger partial charge in [0.05, 0.1) is 11.7 Å². The molecule has 1 aromatic heterocycles. The zero-order valence-electron chi connectivity index (χ0n) is 17.7. The second-order valence-electron chi connectivity index (χ2n) is 8.94. The van der Waals surface area contributed by atoms with Crippen molar-refractivity contribution in [3.05, 3.63) is 53.7 Å². The molecule has 0 bridgehead atoms. The first-order valence-electron chi connectivity index (χ1n) is 10.1. The molecular weight excluding hydrogens is 412 g/mol. The number of fused-ring (bicyclic) bond motifs is 2. The summed E-state index contributed by atoms with van der Waals surface area (Å²) in [6, 6.07) is 8.26. The van der Waals surface area contributed by atoms with Crippen LogP contribution in [0.4, 0.5) is 17.6 Å². The maximum absolute atomic E-state index is 15.4. The van der Waals surface area contributed by atoms with Crippen molar-refractivity contribution in [2.24, 2.45) is 11.3 Å². The van der Waals surface area contributed by atoms with Crippen LogP contribution in [0.5, 0.6) is 11.5 Å². The van der Waals surface area contributed by atoms with Crippen LogP contribution >= 0.6 is 0 Å². The molecule has 8 heteroatoms. The molecule has 0 fully saturated rings. The van der Waals surface area contributed by atoms with Gasteiger partial charge in [0.25, 0.3) is 11.8 Å². The van der Waals surface area contributed by atoms with Gasteiger partial charge in [-0.3, -0.25) is 5.10 Å². The molecule has 0 spiro atoms. The van der Waals surface area contributed by atoms with E-state index >= 15 is 8.78 Å². The Balaban J connectivity index is 1.53. The predicted octanol–water partition coefficient (Wildman–Crippen LogP) is 6.62. The first kappa shape index (κ1) is 21.5. The molecule has 0 radical (unpaired) electrons. The van der Waals surface area contributed by atoms with E-state index in [0.717, 1.165) is 0 Å². The minimum atomic E-state index is -3.20. The molecule has 1 atom stereocenters. The van der Waals surface area contributed by atoms with Crippen LogP contribution in [0.25, 0.3) is 10.9 Å². The third kappa shape index (κ3) is 3.62. The molecule has 0 aliphatic carbocycles. The van der Waals surface area contributed by atoms with Gasteiger partial charge in [-0.25, -0.2) is 17.6 Å². The second kappa shape index (κ2) is 7.14. The fourth-order valence-electron chi connectivity index (χ4n) is 3.70. The lowest BCUT2D eigenvalue weighted by molar-refractivity contribution is -0.141. The smallest absolute Gasteiger partial charge is 0.278 e. The van der Waals surface area contributed by atoms with E-state index in [9.17, 15) is 8.78 Å². The Kier molecular flexibility index (Phi) is 4.94. The summed E-state index contributed by atoms with van der Waals surface area (Å²) >= 11 is 0. The fourth-order valence-corrected chi connectivity index (χ4v) is 3.70. The van der Waals surface area contributed by atoms with Gasteiger partial charge in [0, 0.05) is 34.3 Å². The van der Waals surface area contributed by atoms with E-state index in [4.69, 9.17) is 9.47 Å². The highest BCUT2D eigenvalue weighted by molar-refractivity contribution is 5.78. The number of hydrogen-bond donors (Lipinski definition) is 1. The maximum Gasteiger partial charge on any atom is 0.278 e. The number of hydrogen-bond acceptors (Lipinski definition) is 3. The Hall–Kier alpha value is -2.77. The molecule has 4 nitrogen and oxygen atoms in total. The Morgan fingerprint density at radius 2 is 1.65 bits per heavy atom. The fraction of sp³-hybridized carbons (Fsp3) is 0.435. The number of aromatic nitrogens is 2. The van der Waals surface area contributed by atoms with Crippen LogP contribution < -0.4 is 9.47 Å². The molecule has 3 aromatic rings. The molecule has 2 aromatic carbocycles. The molecule has 1 aliphatic rings. The summed E-state index contributed by atoms with van der Waals surface area (Å²) in [5.74, 6) is -6.72. The Bertz CT molecular complexity index is 1110. The minimum Gasteiger partial charge on any atom is -0.451 e. The Morgan fingerprint density at radius 1 is 0.968 bits per heavy atom. The summed E-state index contributed by atoms with van der Waals surface area (Å²) in [5, 5.41) is 7.19. The van der Waals surface area contributed by atoms with Gasteiger partial charge in [-0.1, -0.05) is 33.8 Å². The molecule has 31 heavy (non-hydrogen) atoms. The van der Waals surface area contributed by atoms with Crippen LogP contribution in [-0.4, -0.2) is 16.5 Å². The molecule has 166 valence electrons. The van der Waals surface area contributed by atoms with E-state index in [2.05, 4.69) is 10.2 Å². The maximum atomic E-state index is 15.4. The number of H-pyrrole nitrogens is 1. The molecule has 1 N–H and O–H groups in total. The predicted molar refractivity (Wildman–Crippen MR) is 109 cm³/mol. The monoisotopic (exact) mass is 436 g/mol. The van der Waals surface area contributed by atoms with Crippen LogP contribution in [0, 0.1) is 11.3 Å². The summed E-state index contributed by atoms with van der Waals surface area (Å²) in [6.45, 7) is 5.72. The molecule has 1 unspecified atom stereocenters. The molecule has 4 rings (SSSR count). The lowest BCUT2D eigenvalue weighted by Crippen LogP contribution is -2.39. The molecule has 0 saturated heterocycles. The topological polar surface area (TPSA) is 47.1 Å². The van der Waals surface area contributed by atoms with Gasteiger partial charge in [0.1, 0.15) is 0 Å². The number of nitrogens with one attached hydrogen (secondary N) is 1. The molecule has 2 heterocycles. The summed E-state index contributed by atoms with van der Waals surface area (Å²) < 4.78 is 70.8. The van der Waals surface area contributed by atoms with Gasteiger partial charge in [-0.05, 0) is 30.3 Å². The van der Waals surface area contributed by atoms with Gasteiger partial charge >= 0.3 is 0 Å². The average molecular weight is 436 g/mol.